The Kier molecular flexibility index (Phi) is 4.21. The lowest BCUT2D eigenvalue weighted by molar-refractivity contribution is -0.144. The van der Waals surface area contributed by atoms with Crippen LogP contribution in [0.1, 0.15) is 24.8 Å². The Balaban J connectivity index is 1.80. The molecule has 6 heteroatoms. The molecule has 5 nitrogen and oxygen atoms in total. The van der Waals surface area contributed by atoms with Gasteiger partial charge < -0.3 is 4.74 Å². The predicted octanol–water partition coefficient (Wildman–Crippen LogP) is 1.22. The number of hydrogen-bond acceptors (Lipinski definition) is 4. The zero-order chi connectivity index (χ0) is 13.9. The van der Waals surface area contributed by atoms with Gasteiger partial charge in [-0.2, -0.15) is 0 Å². The first-order valence-electron chi connectivity index (χ1n) is 6.22. The van der Waals surface area contributed by atoms with Crippen molar-refractivity contribution in [1.29, 1.82) is 0 Å². The van der Waals surface area contributed by atoms with E-state index in [9.17, 15) is 13.2 Å². The zero-order valence-electron chi connectivity index (χ0n) is 10.5. The van der Waals surface area contributed by atoms with Gasteiger partial charge in [-0.05, 0) is 42.9 Å². The third-order valence-corrected chi connectivity index (χ3v) is 3.98. The van der Waals surface area contributed by atoms with Crippen molar-refractivity contribution in [3.05, 3.63) is 29.8 Å². The molecule has 0 radical (unpaired) electrons. The summed E-state index contributed by atoms with van der Waals surface area (Å²) in [5.41, 5.74) is 0.885. The van der Waals surface area contributed by atoms with E-state index in [0.717, 1.165) is 18.4 Å². The molecule has 1 aliphatic rings. The van der Waals surface area contributed by atoms with Crippen molar-refractivity contribution in [2.24, 2.45) is 11.1 Å². The highest BCUT2D eigenvalue weighted by atomic mass is 32.2. The molecular weight excluding hydrogens is 266 g/mol. The van der Waals surface area contributed by atoms with Gasteiger partial charge in [0.2, 0.25) is 10.0 Å². The van der Waals surface area contributed by atoms with Crippen molar-refractivity contribution < 1.29 is 17.9 Å². The molecule has 2 rings (SSSR count). The first kappa shape index (κ1) is 14.0. The maximum absolute atomic E-state index is 11.4. The minimum Gasteiger partial charge on any atom is -0.465 e. The van der Waals surface area contributed by atoms with E-state index in [1.807, 2.05) is 0 Å². The SMILES string of the molecule is NS(=O)(=O)c1ccc(CCC(=O)OCC2CC2)cc1. The number of aryl methyl sites for hydroxylation is 1. The van der Waals surface area contributed by atoms with Gasteiger partial charge in [-0.15, -0.1) is 0 Å². The Hall–Kier alpha value is -1.40. The fourth-order valence-corrected chi connectivity index (χ4v) is 2.18. The number of nitrogens with two attached hydrogens (primary N) is 1. The van der Waals surface area contributed by atoms with Crippen LogP contribution in [0.5, 0.6) is 0 Å². The largest absolute Gasteiger partial charge is 0.465 e. The van der Waals surface area contributed by atoms with Gasteiger partial charge in [0.15, 0.2) is 0 Å². The lowest BCUT2D eigenvalue weighted by Crippen LogP contribution is -2.12. The molecule has 0 atom stereocenters. The summed E-state index contributed by atoms with van der Waals surface area (Å²) in [5.74, 6) is 0.361. The van der Waals surface area contributed by atoms with Gasteiger partial charge >= 0.3 is 5.97 Å². The summed E-state index contributed by atoms with van der Waals surface area (Å²) in [6.45, 7) is 0.531. The van der Waals surface area contributed by atoms with Gasteiger partial charge in [0.25, 0.3) is 0 Å². The molecule has 0 unspecified atom stereocenters. The van der Waals surface area contributed by atoms with Crippen LogP contribution in [0.2, 0.25) is 0 Å². The van der Waals surface area contributed by atoms with Crippen LogP contribution in [0.4, 0.5) is 0 Å². The molecule has 0 aromatic heterocycles. The molecule has 0 bridgehead atoms. The average Bonchev–Trinajstić information content (AvgIpc) is 3.17. The molecule has 0 heterocycles. The number of benzene rings is 1. The number of carbonyl (C=O) groups excluding carboxylic acids is 1. The van der Waals surface area contributed by atoms with Gasteiger partial charge in [0, 0.05) is 6.42 Å². The first-order chi connectivity index (χ1) is 8.95. The maximum atomic E-state index is 11.4. The fourth-order valence-electron chi connectivity index (χ4n) is 1.66. The van der Waals surface area contributed by atoms with Gasteiger partial charge in [-0.1, -0.05) is 12.1 Å². The van der Waals surface area contributed by atoms with E-state index >= 15 is 0 Å². The van der Waals surface area contributed by atoms with Crippen LogP contribution in [-0.2, 0) is 26.0 Å². The Morgan fingerprint density at radius 1 is 1.26 bits per heavy atom. The van der Waals surface area contributed by atoms with E-state index in [0.29, 0.717) is 25.4 Å². The number of primary sulfonamides is 1. The van der Waals surface area contributed by atoms with E-state index in [1.165, 1.54) is 12.1 Å². The number of esters is 1. The van der Waals surface area contributed by atoms with Crippen molar-refractivity contribution in [3.63, 3.8) is 0 Å². The second-order valence-corrected chi connectivity index (χ2v) is 6.38. The van der Waals surface area contributed by atoms with Gasteiger partial charge in [0.05, 0.1) is 11.5 Å². The number of hydrogen-bond donors (Lipinski definition) is 1. The Morgan fingerprint density at radius 2 is 1.89 bits per heavy atom. The molecule has 104 valence electrons. The van der Waals surface area contributed by atoms with E-state index < -0.39 is 10.0 Å². The molecule has 1 fully saturated rings. The highest BCUT2D eigenvalue weighted by Gasteiger charge is 2.22. The molecular formula is C13H17NO4S. The molecule has 2 N–H and O–H groups in total. The zero-order valence-corrected chi connectivity index (χ0v) is 11.4. The molecule has 1 aliphatic carbocycles. The molecule has 0 saturated heterocycles. The summed E-state index contributed by atoms with van der Waals surface area (Å²) in [4.78, 5) is 11.5. The highest BCUT2D eigenvalue weighted by Crippen LogP contribution is 2.28. The molecule has 0 spiro atoms. The van der Waals surface area contributed by atoms with Gasteiger partial charge in [0.1, 0.15) is 0 Å². The number of ether oxygens (including phenoxy) is 1. The normalized spacial score (nSPS) is 15.2. The molecule has 1 saturated carbocycles. The Morgan fingerprint density at radius 3 is 2.42 bits per heavy atom. The van der Waals surface area contributed by atoms with Crippen LogP contribution in [0.25, 0.3) is 0 Å². The number of sulfonamides is 1. The summed E-state index contributed by atoms with van der Waals surface area (Å²) >= 11 is 0. The van der Waals surface area contributed by atoms with Crippen molar-refractivity contribution in [2.75, 3.05) is 6.61 Å². The van der Waals surface area contributed by atoms with Crippen molar-refractivity contribution >= 4 is 16.0 Å². The molecule has 0 aliphatic heterocycles. The van der Waals surface area contributed by atoms with Crippen LogP contribution in [0, 0.1) is 5.92 Å². The second kappa shape index (κ2) is 5.71. The summed E-state index contributed by atoms with van der Waals surface area (Å²) in [5, 5.41) is 5.00. The van der Waals surface area contributed by atoms with Crippen LogP contribution in [0.3, 0.4) is 0 Å². The summed E-state index contributed by atoms with van der Waals surface area (Å²) in [6, 6.07) is 6.21. The summed E-state index contributed by atoms with van der Waals surface area (Å²) in [7, 11) is -3.65. The minimum absolute atomic E-state index is 0.0764. The standard InChI is InChI=1S/C13H17NO4S/c14-19(16,17)12-6-3-10(4-7-12)5-8-13(15)18-9-11-1-2-11/h3-4,6-7,11H,1-2,5,8-9H2,(H2,14,16,17). The molecule has 1 aromatic carbocycles. The monoisotopic (exact) mass is 283 g/mol. The second-order valence-electron chi connectivity index (χ2n) is 4.82. The summed E-state index contributed by atoms with van der Waals surface area (Å²) in [6.07, 6.45) is 3.15. The van der Waals surface area contributed by atoms with Gasteiger partial charge in [-0.25, -0.2) is 13.6 Å². The predicted molar refractivity (Wildman–Crippen MR) is 69.8 cm³/mol. The molecule has 1 aromatic rings. The van der Waals surface area contributed by atoms with Crippen molar-refractivity contribution in [2.45, 2.75) is 30.6 Å². The fraction of sp³-hybridized carbons (Fsp3) is 0.462. The first-order valence-corrected chi connectivity index (χ1v) is 7.77. The average molecular weight is 283 g/mol. The molecule has 19 heavy (non-hydrogen) atoms. The topological polar surface area (TPSA) is 86.5 Å². The van der Waals surface area contributed by atoms with Crippen molar-refractivity contribution in [1.82, 2.24) is 0 Å². The maximum Gasteiger partial charge on any atom is 0.306 e. The van der Waals surface area contributed by atoms with Gasteiger partial charge in [-0.3, -0.25) is 4.79 Å². The van der Waals surface area contributed by atoms with E-state index in [4.69, 9.17) is 9.88 Å². The smallest absolute Gasteiger partial charge is 0.306 e. The minimum atomic E-state index is -3.65. The van der Waals surface area contributed by atoms with E-state index in [1.54, 1.807) is 12.1 Å². The van der Waals surface area contributed by atoms with Crippen LogP contribution < -0.4 is 5.14 Å². The quantitative estimate of drug-likeness (QED) is 0.795. The highest BCUT2D eigenvalue weighted by molar-refractivity contribution is 7.89. The van der Waals surface area contributed by atoms with Crippen molar-refractivity contribution in [3.8, 4) is 0 Å². The van der Waals surface area contributed by atoms with Crippen LogP contribution in [-0.4, -0.2) is 21.0 Å². The van der Waals surface area contributed by atoms with E-state index in [2.05, 4.69) is 0 Å². The third-order valence-electron chi connectivity index (χ3n) is 3.05. The third kappa shape index (κ3) is 4.65. The Bertz CT molecular complexity index is 547. The molecule has 0 amide bonds. The Labute approximate surface area is 112 Å². The number of rotatable bonds is 6. The lowest BCUT2D eigenvalue weighted by atomic mass is 10.1. The number of carbonyl (C=O) groups is 1. The lowest BCUT2D eigenvalue weighted by Gasteiger charge is -2.04. The van der Waals surface area contributed by atoms with Crippen LogP contribution >= 0.6 is 0 Å². The van der Waals surface area contributed by atoms with Crippen LogP contribution in [0.15, 0.2) is 29.2 Å². The van der Waals surface area contributed by atoms with E-state index in [-0.39, 0.29) is 10.9 Å². The summed E-state index contributed by atoms with van der Waals surface area (Å²) < 4.78 is 27.2.